The number of thioether (sulfide) groups is 1. The molecule has 3 amide bonds. The van der Waals surface area contributed by atoms with Gasteiger partial charge in [-0.15, -0.1) is 0 Å². The number of hydrogen-bond donors (Lipinski definition) is 2. The summed E-state index contributed by atoms with van der Waals surface area (Å²) in [5.41, 5.74) is 0.0954. The smallest absolute Gasteiger partial charge is 0.408 e. The summed E-state index contributed by atoms with van der Waals surface area (Å²) in [7, 11) is 0. The normalized spacial score (nSPS) is 19.0. The van der Waals surface area contributed by atoms with E-state index in [1.54, 1.807) is 37.4 Å². The lowest BCUT2D eigenvalue weighted by atomic mass is 10.0. The number of nitrogens with one attached hydrogen (secondary N) is 2. The highest BCUT2D eigenvalue weighted by atomic mass is 32.2. The van der Waals surface area contributed by atoms with Gasteiger partial charge in [0.25, 0.3) is 0 Å². The highest BCUT2D eigenvalue weighted by Crippen LogP contribution is 2.40. The highest BCUT2D eigenvalue weighted by Gasteiger charge is 2.48. The van der Waals surface area contributed by atoms with Crippen molar-refractivity contribution in [2.75, 3.05) is 18.6 Å². The Hall–Kier alpha value is -2.22. The second-order valence-corrected chi connectivity index (χ2v) is 10.9. The van der Waals surface area contributed by atoms with Gasteiger partial charge in [0.15, 0.2) is 0 Å². The van der Waals surface area contributed by atoms with Crippen molar-refractivity contribution in [1.82, 2.24) is 15.5 Å². The molecule has 4 atom stereocenters. The van der Waals surface area contributed by atoms with Crippen LogP contribution in [-0.2, 0) is 14.3 Å². The largest absolute Gasteiger partial charge is 0.444 e. The van der Waals surface area contributed by atoms with Gasteiger partial charge in [-0.1, -0.05) is 50.6 Å². The van der Waals surface area contributed by atoms with E-state index in [1.165, 1.54) is 0 Å². The summed E-state index contributed by atoms with van der Waals surface area (Å²) in [6.45, 7) is 10.1. The number of nitrogens with zero attached hydrogens (tertiary/aromatic N) is 1. The Morgan fingerprint density at radius 2 is 1.85 bits per heavy atom. The molecule has 0 aromatic heterocycles. The molecule has 2 N–H and O–H groups in total. The molecule has 190 valence electrons. The van der Waals surface area contributed by atoms with Crippen LogP contribution in [0, 0.1) is 5.92 Å². The zero-order chi connectivity index (χ0) is 25.3. The molecule has 0 spiro atoms. The number of hydrogen-bond acceptors (Lipinski definition) is 5. The summed E-state index contributed by atoms with van der Waals surface area (Å²) in [5, 5.41) is 5.81. The first kappa shape index (κ1) is 28.0. The Bertz CT molecular complexity index is 812. The van der Waals surface area contributed by atoms with Gasteiger partial charge in [-0.3, -0.25) is 9.59 Å². The van der Waals surface area contributed by atoms with Gasteiger partial charge in [0.2, 0.25) is 11.8 Å². The Morgan fingerprint density at radius 1 is 1.21 bits per heavy atom. The lowest BCUT2D eigenvalue weighted by Crippen LogP contribution is -2.54. The first-order valence-corrected chi connectivity index (χ1v) is 13.6. The van der Waals surface area contributed by atoms with Crippen molar-refractivity contribution >= 4 is 29.7 Å². The van der Waals surface area contributed by atoms with Gasteiger partial charge in [-0.05, 0) is 63.5 Å². The third kappa shape index (κ3) is 8.53. The van der Waals surface area contributed by atoms with E-state index in [4.69, 9.17) is 4.74 Å². The number of carbonyl (C=O) groups excluding carboxylic acids is 3. The van der Waals surface area contributed by atoms with Crippen LogP contribution in [0.3, 0.4) is 0 Å². The van der Waals surface area contributed by atoms with Crippen LogP contribution in [0.15, 0.2) is 30.3 Å². The first-order chi connectivity index (χ1) is 16.1. The van der Waals surface area contributed by atoms with Crippen molar-refractivity contribution in [3.8, 4) is 0 Å². The van der Waals surface area contributed by atoms with Gasteiger partial charge in [-0.2, -0.15) is 11.8 Å². The van der Waals surface area contributed by atoms with Crippen LogP contribution in [0.2, 0.25) is 0 Å². The molecule has 0 aliphatic heterocycles. The van der Waals surface area contributed by atoms with Gasteiger partial charge in [-0.25, -0.2) is 4.79 Å². The SMILES string of the molecule is CCCCNC(=O)C(c1ccccc1)N(C(=O)C(CCSC)NC(=O)OC(C)(C)C)C1CC1C. The van der Waals surface area contributed by atoms with E-state index in [0.717, 1.165) is 24.8 Å². The summed E-state index contributed by atoms with van der Waals surface area (Å²) < 4.78 is 5.43. The molecule has 1 saturated carbocycles. The summed E-state index contributed by atoms with van der Waals surface area (Å²) in [6.07, 6.45) is 4.46. The zero-order valence-electron chi connectivity index (χ0n) is 21.4. The summed E-state index contributed by atoms with van der Waals surface area (Å²) in [5.74, 6) is 0.557. The molecule has 1 aromatic carbocycles. The average molecular weight is 492 g/mol. The lowest BCUT2D eigenvalue weighted by Gasteiger charge is -2.35. The topological polar surface area (TPSA) is 87.7 Å². The molecule has 34 heavy (non-hydrogen) atoms. The molecule has 4 unspecified atom stereocenters. The first-order valence-electron chi connectivity index (χ1n) is 12.2. The van der Waals surface area contributed by atoms with Crippen molar-refractivity contribution in [1.29, 1.82) is 0 Å². The van der Waals surface area contributed by atoms with Gasteiger partial charge in [0.05, 0.1) is 0 Å². The zero-order valence-corrected chi connectivity index (χ0v) is 22.2. The molecule has 8 heteroatoms. The minimum Gasteiger partial charge on any atom is -0.444 e. The molecule has 2 rings (SSSR count). The summed E-state index contributed by atoms with van der Waals surface area (Å²) in [6, 6.07) is 7.85. The van der Waals surface area contributed by atoms with Gasteiger partial charge in [0, 0.05) is 12.6 Å². The number of unbranched alkanes of at least 4 members (excludes halogenated alkanes) is 1. The van der Waals surface area contributed by atoms with Gasteiger partial charge in [0.1, 0.15) is 17.7 Å². The molecule has 0 heterocycles. The molecule has 0 bridgehead atoms. The van der Waals surface area contributed by atoms with Gasteiger partial charge < -0.3 is 20.3 Å². The fourth-order valence-electron chi connectivity index (χ4n) is 3.85. The van der Waals surface area contributed by atoms with Crippen LogP contribution >= 0.6 is 11.8 Å². The predicted octanol–water partition coefficient (Wildman–Crippen LogP) is 4.53. The third-order valence-corrected chi connectivity index (χ3v) is 6.39. The Kier molecular flexibility index (Phi) is 10.7. The monoisotopic (exact) mass is 491 g/mol. The second-order valence-electron chi connectivity index (χ2n) is 9.96. The van der Waals surface area contributed by atoms with Crippen molar-refractivity contribution < 1.29 is 19.1 Å². The Labute approximate surface area is 208 Å². The quantitative estimate of drug-likeness (QED) is 0.420. The molecule has 0 saturated heterocycles. The maximum Gasteiger partial charge on any atom is 0.408 e. The molecular formula is C26H41N3O4S. The highest BCUT2D eigenvalue weighted by molar-refractivity contribution is 7.98. The van der Waals surface area contributed by atoms with Crippen LogP contribution in [0.1, 0.15) is 71.9 Å². The fourth-order valence-corrected chi connectivity index (χ4v) is 4.33. The average Bonchev–Trinajstić information content (AvgIpc) is 3.49. The summed E-state index contributed by atoms with van der Waals surface area (Å²) >= 11 is 1.61. The van der Waals surface area contributed by atoms with E-state index < -0.39 is 23.8 Å². The molecule has 1 fully saturated rings. The molecule has 1 aromatic rings. The molecule has 1 aliphatic rings. The Morgan fingerprint density at radius 3 is 2.38 bits per heavy atom. The van der Waals surface area contributed by atoms with E-state index in [9.17, 15) is 14.4 Å². The predicted molar refractivity (Wildman–Crippen MR) is 138 cm³/mol. The number of ether oxygens (including phenoxy) is 1. The van der Waals surface area contributed by atoms with Gasteiger partial charge >= 0.3 is 6.09 Å². The van der Waals surface area contributed by atoms with Crippen molar-refractivity contribution in [2.24, 2.45) is 5.92 Å². The van der Waals surface area contributed by atoms with E-state index in [-0.39, 0.29) is 17.9 Å². The molecule has 1 aliphatic carbocycles. The lowest BCUT2D eigenvalue weighted by molar-refractivity contribution is -0.143. The minimum absolute atomic E-state index is 0.0492. The van der Waals surface area contributed by atoms with Crippen molar-refractivity contribution in [3.63, 3.8) is 0 Å². The third-order valence-electron chi connectivity index (χ3n) is 5.75. The van der Waals surface area contributed by atoms with E-state index in [0.29, 0.717) is 24.6 Å². The fraction of sp³-hybridized carbons (Fsp3) is 0.654. The standard InChI is InChI=1S/C26H41N3O4S/c1-7-8-15-27-23(30)22(19-12-10-9-11-13-19)29(21-17-18(21)2)24(31)20(14-16-34-6)28-25(32)33-26(3,4)5/h9-13,18,20-22H,7-8,14-17H2,1-6H3,(H,27,30)(H,28,32). The maximum absolute atomic E-state index is 14.0. The van der Waals surface area contributed by atoms with Crippen molar-refractivity contribution in [3.05, 3.63) is 35.9 Å². The van der Waals surface area contributed by atoms with Crippen LogP contribution in [-0.4, -0.2) is 59.0 Å². The Balaban J connectivity index is 2.38. The minimum atomic E-state index is -0.773. The number of rotatable bonds is 12. The summed E-state index contributed by atoms with van der Waals surface area (Å²) in [4.78, 5) is 41.7. The van der Waals surface area contributed by atoms with Crippen molar-refractivity contribution in [2.45, 2.75) is 84.0 Å². The molecule has 7 nitrogen and oxygen atoms in total. The number of carbonyl (C=O) groups is 3. The maximum atomic E-state index is 14.0. The van der Waals surface area contributed by atoms with E-state index in [1.807, 2.05) is 36.6 Å². The van der Waals surface area contributed by atoms with Crippen LogP contribution < -0.4 is 10.6 Å². The molecular weight excluding hydrogens is 450 g/mol. The number of amides is 3. The van der Waals surface area contributed by atoms with Crippen LogP contribution in [0.5, 0.6) is 0 Å². The number of alkyl carbamates (subject to hydrolysis) is 1. The number of benzene rings is 1. The molecule has 0 radical (unpaired) electrons. The second kappa shape index (κ2) is 13.0. The van der Waals surface area contributed by atoms with E-state index >= 15 is 0 Å². The van der Waals surface area contributed by atoms with Crippen LogP contribution in [0.25, 0.3) is 0 Å². The van der Waals surface area contributed by atoms with Crippen LogP contribution in [0.4, 0.5) is 4.79 Å². The van der Waals surface area contributed by atoms with E-state index in [2.05, 4.69) is 24.5 Å².